The van der Waals surface area contributed by atoms with Gasteiger partial charge in [0.1, 0.15) is 0 Å². The first-order valence-electron chi connectivity index (χ1n) is 5.76. The molecule has 0 atom stereocenters. The molecule has 2 heteroatoms. The minimum absolute atomic E-state index is 0.988. The summed E-state index contributed by atoms with van der Waals surface area (Å²) in [5, 5.41) is 1.28. The van der Waals surface area contributed by atoms with E-state index in [2.05, 4.69) is 42.0 Å². The van der Waals surface area contributed by atoms with Crippen molar-refractivity contribution in [2.45, 2.75) is 13.8 Å². The van der Waals surface area contributed by atoms with Gasteiger partial charge in [0.15, 0.2) is 0 Å². The van der Waals surface area contributed by atoms with Gasteiger partial charge in [-0.15, -0.1) is 0 Å². The highest BCUT2D eigenvalue weighted by atomic mass is 14.8. The van der Waals surface area contributed by atoms with Crippen LogP contribution in [0, 0.1) is 13.8 Å². The Morgan fingerprint density at radius 2 is 1.82 bits per heavy atom. The summed E-state index contributed by atoms with van der Waals surface area (Å²) < 4.78 is 0. The first kappa shape index (κ1) is 10.1. The molecule has 0 amide bonds. The molecule has 0 unspecified atom stereocenters. The Hall–Kier alpha value is -2.09. The number of rotatable bonds is 1. The molecule has 0 radical (unpaired) electrons. The highest BCUT2D eigenvalue weighted by Crippen LogP contribution is 2.27. The van der Waals surface area contributed by atoms with Crippen molar-refractivity contribution in [2.24, 2.45) is 0 Å². The summed E-state index contributed by atoms with van der Waals surface area (Å²) in [6.45, 7) is 4.26. The Balaban J connectivity index is 2.27. The van der Waals surface area contributed by atoms with Gasteiger partial charge in [-0.3, -0.25) is 4.98 Å². The fourth-order valence-electron chi connectivity index (χ4n) is 2.16. The van der Waals surface area contributed by atoms with Gasteiger partial charge in [-0.25, -0.2) is 0 Å². The number of pyridine rings is 1. The minimum atomic E-state index is 0.988. The number of nitrogens with one attached hydrogen (secondary N) is 1. The lowest BCUT2D eigenvalue weighted by Gasteiger charge is -1.98. The van der Waals surface area contributed by atoms with Crippen LogP contribution in [0.15, 0.2) is 42.6 Å². The number of fused-ring (bicyclic) bond motifs is 1. The first-order valence-corrected chi connectivity index (χ1v) is 5.76. The van der Waals surface area contributed by atoms with Crippen molar-refractivity contribution in [3.63, 3.8) is 0 Å². The van der Waals surface area contributed by atoms with Gasteiger partial charge in [-0.1, -0.05) is 18.2 Å². The topological polar surface area (TPSA) is 28.7 Å². The Kier molecular flexibility index (Phi) is 2.22. The van der Waals surface area contributed by atoms with Gasteiger partial charge in [0, 0.05) is 17.1 Å². The average Bonchev–Trinajstić information content (AvgIpc) is 2.81. The standard InChI is InChI=1S/C15H14N2/c1-10-6-7-11(2)15-12(10)9-14(17-15)13-5-3-4-8-16-13/h3-9,17H,1-2H3. The lowest BCUT2D eigenvalue weighted by molar-refractivity contribution is 1.29. The van der Waals surface area contributed by atoms with E-state index in [1.165, 1.54) is 22.0 Å². The number of aryl methyl sites for hydroxylation is 2. The van der Waals surface area contributed by atoms with E-state index in [1.54, 1.807) is 0 Å². The molecule has 3 rings (SSSR count). The van der Waals surface area contributed by atoms with Crippen LogP contribution >= 0.6 is 0 Å². The fourth-order valence-corrected chi connectivity index (χ4v) is 2.16. The van der Waals surface area contributed by atoms with E-state index >= 15 is 0 Å². The second kappa shape index (κ2) is 3.74. The second-order valence-electron chi connectivity index (χ2n) is 4.39. The Bertz CT molecular complexity index is 627. The molecule has 2 heterocycles. The monoisotopic (exact) mass is 222 g/mol. The lowest BCUT2D eigenvalue weighted by Crippen LogP contribution is -1.81. The zero-order chi connectivity index (χ0) is 11.8. The Morgan fingerprint density at radius 3 is 2.53 bits per heavy atom. The van der Waals surface area contributed by atoms with Crippen LogP contribution < -0.4 is 0 Å². The molecular formula is C15H14N2. The smallest absolute Gasteiger partial charge is 0.0864 e. The predicted molar refractivity (Wildman–Crippen MR) is 71.0 cm³/mol. The van der Waals surface area contributed by atoms with Crippen LogP contribution in [-0.4, -0.2) is 9.97 Å². The number of aromatic amines is 1. The van der Waals surface area contributed by atoms with Crippen molar-refractivity contribution in [1.82, 2.24) is 9.97 Å². The normalized spacial score (nSPS) is 10.9. The van der Waals surface area contributed by atoms with E-state index in [4.69, 9.17) is 0 Å². The van der Waals surface area contributed by atoms with E-state index in [-0.39, 0.29) is 0 Å². The fraction of sp³-hybridized carbons (Fsp3) is 0.133. The lowest BCUT2D eigenvalue weighted by atomic mass is 10.1. The molecule has 2 nitrogen and oxygen atoms in total. The van der Waals surface area contributed by atoms with Crippen LogP contribution in [0.4, 0.5) is 0 Å². The summed E-state index contributed by atoms with van der Waals surface area (Å²) in [7, 11) is 0. The molecule has 0 aliphatic rings. The molecule has 2 aromatic heterocycles. The molecule has 3 aromatic rings. The summed E-state index contributed by atoms with van der Waals surface area (Å²) in [5.41, 5.74) is 5.85. The first-order chi connectivity index (χ1) is 8.25. The molecule has 0 bridgehead atoms. The van der Waals surface area contributed by atoms with Crippen molar-refractivity contribution in [2.75, 3.05) is 0 Å². The quantitative estimate of drug-likeness (QED) is 0.665. The van der Waals surface area contributed by atoms with E-state index in [0.29, 0.717) is 0 Å². The summed E-state index contributed by atoms with van der Waals surface area (Å²) >= 11 is 0. The molecule has 0 saturated heterocycles. The Morgan fingerprint density at radius 1 is 1.00 bits per heavy atom. The molecule has 1 aromatic carbocycles. The van der Waals surface area contributed by atoms with Crippen LogP contribution in [0.25, 0.3) is 22.3 Å². The molecule has 0 saturated carbocycles. The van der Waals surface area contributed by atoms with E-state index in [0.717, 1.165) is 11.4 Å². The van der Waals surface area contributed by atoms with E-state index < -0.39 is 0 Å². The number of nitrogens with zero attached hydrogens (tertiary/aromatic N) is 1. The molecule has 84 valence electrons. The number of hydrogen-bond donors (Lipinski definition) is 1. The van der Waals surface area contributed by atoms with Crippen LogP contribution in [0.3, 0.4) is 0 Å². The van der Waals surface area contributed by atoms with Crippen LogP contribution in [-0.2, 0) is 0 Å². The van der Waals surface area contributed by atoms with Gasteiger partial charge >= 0.3 is 0 Å². The van der Waals surface area contributed by atoms with Crippen molar-refractivity contribution < 1.29 is 0 Å². The highest BCUT2D eigenvalue weighted by Gasteiger charge is 2.07. The highest BCUT2D eigenvalue weighted by molar-refractivity contribution is 5.90. The zero-order valence-corrected chi connectivity index (χ0v) is 9.99. The maximum absolute atomic E-state index is 4.37. The summed E-state index contributed by atoms with van der Waals surface area (Å²) in [4.78, 5) is 7.83. The third-order valence-corrected chi connectivity index (χ3v) is 3.16. The number of hydrogen-bond acceptors (Lipinski definition) is 1. The Labute approximate surface area is 100 Å². The maximum atomic E-state index is 4.37. The number of benzene rings is 1. The summed E-state index contributed by atoms with van der Waals surface area (Å²) in [5.74, 6) is 0. The molecule has 0 spiro atoms. The average molecular weight is 222 g/mol. The number of H-pyrrole nitrogens is 1. The van der Waals surface area contributed by atoms with Gasteiger partial charge in [-0.05, 0) is 43.2 Å². The van der Waals surface area contributed by atoms with Gasteiger partial charge in [-0.2, -0.15) is 0 Å². The largest absolute Gasteiger partial charge is 0.353 e. The van der Waals surface area contributed by atoms with Gasteiger partial charge in [0.2, 0.25) is 0 Å². The van der Waals surface area contributed by atoms with Gasteiger partial charge in [0.05, 0.1) is 11.4 Å². The molecule has 1 N–H and O–H groups in total. The van der Waals surface area contributed by atoms with Crippen molar-refractivity contribution in [3.05, 3.63) is 53.7 Å². The zero-order valence-electron chi connectivity index (χ0n) is 9.99. The second-order valence-corrected chi connectivity index (χ2v) is 4.39. The van der Waals surface area contributed by atoms with Crippen molar-refractivity contribution in [1.29, 1.82) is 0 Å². The predicted octanol–water partition coefficient (Wildman–Crippen LogP) is 3.85. The van der Waals surface area contributed by atoms with E-state index in [1.807, 2.05) is 24.4 Å². The third-order valence-electron chi connectivity index (χ3n) is 3.16. The molecule has 0 aliphatic carbocycles. The third kappa shape index (κ3) is 1.62. The number of aromatic nitrogens is 2. The SMILES string of the molecule is Cc1ccc(C)c2[nH]c(-c3ccccn3)cc12. The van der Waals surface area contributed by atoms with Crippen molar-refractivity contribution in [3.8, 4) is 11.4 Å². The maximum Gasteiger partial charge on any atom is 0.0864 e. The van der Waals surface area contributed by atoms with E-state index in [9.17, 15) is 0 Å². The molecular weight excluding hydrogens is 208 g/mol. The van der Waals surface area contributed by atoms with Crippen LogP contribution in [0.5, 0.6) is 0 Å². The minimum Gasteiger partial charge on any atom is -0.353 e. The van der Waals surface area contributed by atoms with Gasteiger partial charge in [0.25, 0.3) is 0 Å². The van der Waals surface area contributed by atoms with Crippen LogP contribution in [0.1, 0.15) is 11.1 Å². The summed E-state index contributed by atoms with van der Waals surface area (Å²) in [6.07, 6.45) is 1.82. The molecule has 17 heavy (non-hydrogen) atoms. The van der Waals surface area contributed by atoms with Gasteiger partial charge < -0.3 is 4.98 Å². The molecule has 0 fully saturated rings. The molecule has 0 aliphatic heterocycles. The summed E-state index contributed by atoms with van der Waals surface area (Å²) in [6, 6.07) is 12.5. The van der Waals surface area contributed by atoms with Crippen LogP contribution in [0.2, 0.25) is 0 Å². The van der Waals surface area contributed by atoms with Crippen molar-refractivity contribution >= 4 is 10.9 Å².